The van der Waals surface area contributed by atoms with Crippen molar-refractivity contribution in [1.29, 1.82) is 0 Å². The molecule has 0 spiro atoms. The first-order chi connectivity index (χ1) is 13.0. The lowest BCUT2D eigenvalue weighted by molar-refractivity contribution is -0.0365. The van der Waals surface area contributed by atoms with E-state index in [0.29, 0.717) is 65.8 Å². The first-order valence-corrected chi connectivity index (χ1v) is 9.24. The predicted octanol–water partition coefficient (Wildman–Crippen LogP) is 0.801. The summed E-state index contributed by atoms with van der Waals surface area (Å²) in [6.45, 7) is 7.20. The zero-order chi connectivity index (χ0) is 20.3. The van der Waals surface area contributed by atoms with E-state index in [1.165, 1.54) is 0 Å². The van der Waals surface area contributed by atoms with Crippen molar-refractivity contribution in [3.63, 3.8) is 0 Å². The fourth-order valence-electron chi connectivity index (χ4n) is 1.90. The van der Waals surface area contributed by atoms with Crippen LogP contribution in [0.5, 0.6) is 0 Å². The molecule has 0 aromatic heterocycles. The number of hydrogen-bond acceptors (Lipinski definition) is 7. The molecule has 0 aliphatic heterocycles. The molecule has 3 unspecified atom stereocenters. The Labute approximate surface area is 160 Å². The highest BCUT2D eigenvalue weighted by molar-refractivity contribution is 5.64. The molecule has 0 saturated carbocycles. The highest BCUT2D eigenvalue weighted by Gasteiger charge is 2.14. The number of ether oxygens (including phenoxy) is 5. The van der Waals surface area contributed by atoms with E-state index in [-0.39, 0.29) is 12.6 Å². The van der Waals surface area contributed by atoms with E-state index >= 15 is 0 Å². The van der Waals surface area contributed by atoms with E-state index in [2.05, 4.69) is 5.32 Å². The quantitative estimate of drug-likeness (QED) is 0.273. The van der Waals surface area contributed by atoms with E-state index in [1.54, 1.807) is 6.92 Å². The van der Waals surface area contributed by atoms with Crippen LogP contribution in [0.1, 0.15) is 20.3 Å². The summed E-state index contributed by atoms with van der Waals surface area (Å²) >= 11 is 0. The first-order valence-electron chi connectivity index (χ1n) is 9.24. The van der Waals surface area contributed by atoms with Gasteiger partial charge in [-0.1, -0.05) is 0 Å². The molecule has 9 nitrogen and oxygen atoms in total. The minimum absolute atomic E-state index is 0.0353. The Morgan fingerprint density at radius 2 is 1.44 bits per heavy atom. The second-order valence-corrected chi connectivity index (χ2v) is 5.87. The number of amides is 1. The molecule has 3 atom stereocenters. The fraction of sp³-hybridized carbons (Fsp3) is 0.941. The molecule has 0 heterocycles. The van der Waals surface area contributed by atoms with Gasteiger partial charge in [-0.2, -0.15) is 0 Å². The Hall–Kier alpha value is -1.04. The van der Waals surface area contributed by atoms with E-state index in [4.69, 9.17) is 34.5 Å². The number of carboxylic acid groups (broad SMARTS) is 1. The second kappa shape index (κ2) is 18.3. The zero-order valence-electron chi connectivity index (χ0n) is 16.4. The molecule has 0 aliphatic rings. The molecule has 0 aliphatic carbocycles. The number of nitrogens with one attached hydrogen (secondary N) is 1. The van der Waals surface area contributed by atoms with Crippen LogP contribution in [0.15, 0.2) is 0 Å². The number of nitrogens with two attached hydrogens (primary N) is 1. The van der Waals surface area contributed by atoms with E-state index in [1.807, 2.05) is 6.92 Å². The Kier molecular flexibility index (Phi) is 17.6. The standard InChI is InChI=1S/C17H35FN2O7/c1-14(3-4-20-17(21)22)26-11-9-24-7-5-23-6-8-25-10-12-27-15(2)16(18)13-19/h14-16,20H,3-13,19H2,1-2H3,(H,21,22). The van der Waals surface area contributed by atoms with Crippen LogP contribution in [0, 0.1) is 0 Å². The average molecular weight is 398 g/mol. The Morgan fingerprint density at radius 3 is 1.93 bits per heavy atom. The molecule has 0 radical (unpaired) electrons. The maximum absolute atomic E-state index is 13.1. The summed E-state index contributed by atoms with van der Waals surface area (Å²) in [7, 11) is 0. The molecule has 0 rings (SSSR count). The lowest BCUT2D eigenvalue weighted by Gasteiger charge is -2.16. The zero-order valence-corrected chi connectivity index (χ0v) is 16.4. The highest BCUT2D eigenvalue weighted by atomic mass is 19.1. The number of alkyl halides is 1. The van der Waals surface area contributed by atoms with Crippen LogP contribution < -0.4 is 11.1 Å². The molecular formula is C17H35FN2O7. The number of hydrogen-bond donors (Lipinski definition) is 3. The highest BCUT2D eigenvalue weighted by Crippen LogP contribution is 2.01. The Bertz CT molecular complexity index is 353. The summed E-state index contributed by atoms with van der Waals surface area (Å²) < 4.78 is 39.9. The summed E-state index contributed by atoms with van der Waals surface area (Å²) in [4.78, 5) is 10.3. The van der Waals surface area contributed by atoms with Crippen LogP contribution in [0.3, 0.4) is 0 Å². The predicted molar refractivity (Wildman–Crippen MR) is 97.9 cm³/mol. The molecule has 0 fully saturated rings. The van der Waals surface area contributed by atoms with Crippen molar-refractivity contribution in [1.82, 2.24) is 5.32 Å². The van der Waals surface area contributed by atoms with Gasteiger partial charge in [-0.15, -0.1) is 0 Å². The molecule has 0 aromatic carbocycles. The summed E-state index contributed by atoms with van der Waals surface area (Å²) in [5.41, 5.74) is 5.21. The average Bonchev–Trinajstić information content (AvgIpc) is 2.64. The van der Waals surface area contributed by atoms with Gasteiger partial charge in [0.1, 0.15) is 6.17 Å². The van der Waals surface area contributed by atoms with Crippen LogP contribution in [0.25, 0.3) is 0 Å². The van der Waals surface area contributed by atoms with Gasteiger partial charge in [0.2, 0.25) is 0 Å². The fourth-order valence-corrected chi connectivity index (χ4v) is 1.90. The summed E-state index contributed by atoms with van der Waals surface area (Å²) in [5, 5.41) is 10.7. The van der Waals surface area contributed by atoms with Gasteiger partial charge in [0.15, 0.2) is 0 Å². The Balaban J connectivity index is 3.22. The minimum Gasteiger partial charge on any atom is -0.465 e. The van der Waals surface area contributed by atoms with Crippen LogP contribution in [-0.2, 0) is 23.7 Å². The largest absolute Gasteiger partial charge is 0.465 e. The third-order valence-electron chi connectivity index (χ3n) is 3.54. The van der Waals surface area contributed by atoms with Crippen LogP contribution in [-0.4, -0.2) is 95.5 Å². The van der Waals surface area contributed by atoms with Gasteiger partial charge in [0.05, 0.1) is 65.1 Å². The van der Waals surface area contributed by atoms with Crippen LogP contribution in [0.4, 0.5) is 9.18 Å². The van der Waals surface area contributed by atoms with E-state index in [0.717, 1.165) is 0 Å². The van der Waals surface area contributed by atoms with Crippen molar-refractivity contribution in [3.8, 4) is 0 Å². The van der Waals surface area contributed by atoms with Crippen molar-refractivity contribution >= 4 is 6.09 Å². The second-order valence-electron chi connectivity index (χ2n) is 5.87. The van der Waals surface area contributed by atoms with Gasteiger partial charge in [0, 0.05) is 13.1 Å². The lowest BCUT2D eigenvalue weighted by Crippen LogP contribution is -2.30. The number of halogens is 1. The number of carbonyl (C=O) groups is 1. The third-order valence-corrected chi connectivity index (χ3v) is 3.54. The maximum atomic E-state index is 13.1. The van der Waals surface area contributed by atoms with Crippen LogP contribution in [0.2, 0.25) is 0 Å². The summed E-state index contributed by atoms with van der Waals surface area (Å²) in [6.07, 6.45) is -2.14. The van der Waals surface area contributed by atoms with Gasteiger partial charge < -0.3 is 39.8 Å². The van der Waals surface area contributed by atoms with Gasteiger partial charge in [-0.05, 0) is 20.3 Å². The van der Waals surface area contributed by atoms with Gasteiger partial charge in [-0.25, -0.2) is 9.18 Å². The Morgan fingerprint density at radius 1 is 0.963 bits per heavy atom. The lowest BCUT2D eigenvalue weighted by atomic mass is 10.2. The van der Waals surface area contributed by atoms with E-state index in [9.17, 15) is 9.18 Å². The van der Waals surface area contributed by atoms with E-state index < -0.39 is 18.4 Å². The van der Waals surface area contributed by atoms with Gasteiger partial charge >= 0.3 is 6.09 Å². The molecule has 1 amide bonds. The topological polar surface area (TPSA) is 122 Å². The maximum Gasteiger partial charge on any atom is 0.404 e. The molecule has 4 N–H and O–H groups in total. The molecule has 162 valence electrons. The third kappa shape index (κ3) is 18.1. The minimum atomic E-state index is -1.16. The summed E-state index contributed by atoms with van der Waals surface area (Å²) in [5.74, 6) is 0. The van der Waals surface area contributed by atoms with Crippen molar-refractivity contribution in [2.24, 2.45) is 5.73 Å². The number of rotatable bonds is 19. The van der Waals surface area contributed by atoms with Crippen molar-refractivity contribution in [2.75, 3.05) is 65.9 Å². The molecular weight excluding hydrogens is 363 g/mol. The van der Waals surface area contributed by atoms with Gasteiger partial charge in [0.25, 0.3) is 0 Å². The molecule has 0 bridgehead atoms. The SMILES string of the molecule is CC(CCNC(=O)O)OCCOCCOCCOCCOC(C)C(F)CN. The van der Waals surface area contributed by atoms with Crippen molar-refractivity contribution < 1.29 is 38.0 Å². The molecule has 27 heavy (non-hydrogen) atoms. The first kappa shape index (κ1) is 26.0. The molecule has 0 saturated heterocycles. The smallest absolute Gasteiger partial charge is 0.404 e. The summed E-state index contributed by atoms with van der Waals surface area (Å²) in [6, 6.07) is 0. The monoisotopic (exact) mass is 398 g/mol. The van der Waals surface area contributed by atoms with Crippen molar-refractivity contribution in [3.05, 3.63) is 0 Å². The molecule has 10 heteroatoms. The van der Waals surface area contributed by atoms with Crippen molar-refractivity contribution in [2.45, 2.75) is 38.6 Å². The normalized spacial score (nSPS) is 14.7. The molecule has 0 aromatic rings. The van der Waals surface area contributed by atoms with Crippen LogP contribution >= 0.6 is 0 Å². The van der Waals surface area contributed by atoms with Gasteiger partial charge in [-0.3, -0.25) is 0 Å².